The minimum atomic E-state index is -1.82. The Kier molecular flexibility index (Phi) is 8.08. The number of aromatic nitrogens is 2. The van der Waals surface area contributed by atoms with E-state index in [0.29, 0.717) is 16.6 Å². The summed E-state index contributed by atoms with van der Waals surface area (Å²) >= 11 is 12.0. The Labute approximate surface area is 182 Å². The van der Waals surface area contributed by atoms with Gasteiger partial charge in [0.2, 0.25) is 5.95 Å². The van der Waals surface area contributed by atoms with Crippen molar-refractivity contribution in [3.63, 3.8) is 0 Å². The molecule has 0 bridgehead atoms. The van der Waals surface area contributed by atoms with Gasteiger partial charge in [0.15, 0.2) is 0 Å². The number of hydrogen-bond acceptors (Lipinski definition) is 5. The lowest BCUT2D eigenvalue weighted by Gasteiger charge is -2.09. The van der Waals surface area contributed by atoms with Crippen LogP contribution in [0.4, 0.5) is 5.95 Å². The zero-order valence-electron chi connectivity index (χ0n) is 16.1. The Bertz CT molecular complexity index is 1020. The first kappa shape index (κ1) is 23.1. The van der Waals surface area contributed by atoms with Gasteiger partial charge in [0.25, 0.3) is 0 Å². The minimum absolute atomic E-state index is 0.551. The molecule has 0 aliphatic rings. The summed E-state index contributed by atoms with van der Waals surface area (Å²) in [5.41, 5.74) is 3.14. The zero-order valence-corrected chi connectivity index (χ0v) is 17.6. The van der Waals surface area contributed by atoms with Gasteiger partial charge in [-0.2, -0.15) is 0 Å². The molecule has 8 nitrogen and oxygen atoms in total. The largest absolute Gasteiger partial charge is 0.497 e. The minimum Gasteiger partial charge on any atom is -0.497 e. The summed E-state index contributed by atoms with van der Waals surface area (Å²) in [6.45, 7) is 0.615. The van der Waals surface area contributed by atoms with Gasteiger partial charge in [-0.1, -0.05) is 29.3 Å². The third kappa shape index (κ3) is 6.13. The van der Waals surface area contributed by atoms with E-state index < -0.39 is 11.9 Å². The normalized spacial score (nSPS) is 10.0. The van der Waals surface area contributed by atoms with E-state index in [1.165, 1.54) is 0 Å². The molecule has 1 aromatic heterocycles. The molecular weight excluding hydrogens is 433 g/mol. The van der Waals surface area contributed by atoms with Crippen molar-refractivity contribution in [2.24, 2.45) is 7.05 Å². The number of methoxy groups -OCH3 is 1. The van der Waals surface area contributed by atoms with Crippen LogP contribution < -0.4 is 10.1 Å². The van der Waals surface area contributed by atoms with Crippen LogP contribution in [0.3, 0.4) is 0 Å². The predicted octanol–water partition coefficient (Wildman–Crippen LogP) is 4.17. The molecule has 0 unspecified atom stereocenters. The van der Waals surface area contributed by atoms with Gasteiger partial charge in [0.05, 0.1) is 29.0 Å². The van der Waals surface area contributed by atoms with Gasteiger partial charge in [-0.25, -0.2) is 14.6 Å². The first-order chi connectivity index (χ1) is 14.2. The number of imidazole rings is 1. The van der Waals surface area contributed by atoms with E-state index in [4.69, 9.17) is 47.7 Å². The number of carbonyl (C=O) groups is 2. The SMILES string of the molecule is COc1ccc(-c2cnc(NCc3ccc(Cl)c(Cl)c3)n2C)cc1.O=C(O)C(=O)O. The molecule has 2 aromatic carbocycles. The molecule has 3 N–H and O–H groups in total. The molecule has 1 heterocycles. The number of carboxylic acids is 2. The third-order valence-electron chi connectivity index (χ3n) is 3.99. The molecule has 0 radical (unpaired) electrons. The van der Waals surface area contributed by atoms with E-state index in [2.05, 4.69) is 10.3 Å². The number of nitrogens with one attached hydrogen (secondary N) is 1. The highest BCUT2D eigenvalue weighted by Gasteiger charge is 2.09. The monoisotopic (exact) mass is 451 g/mol. The molecule has 30 heavy (non-hydrogen) atoms. The number of hydrogen-bond donors (Lipinski definition) is 3. The molecule has 0 saturated carbocycles. The second-order valence-corrected chi connectivity index (χ2v) is 6.78. The highest BCUT2D eigenvalue weighted by Crippen LogP contribution is 2.25. The Morgan fingerprint density at radius 1 is 1.07 bits per heavy atom. The Hall–Kier alpha value is -3.23. The molecule has 0 aliphatic heterocycles. The fraction of sp³-hybridized carbons (Fsp3) is 0.150. The molecule has 3 aromatic rings. The van der Waals surface area contributed by atoms with Crippen LogP contribution in [0.15, 0.2) is 48.7 Å². The average Bonchev–Trinajstić information content (AvgIpc) is 3.09. The molecule has 0 saturated heterocycles. The number of ether oxygens (including phenoxy) is 1. The zero-order chi connectivity index (χ0) is 22.3. The molecule has 0 amide bonds. The second-order valence-electron chi connectivity index (χ2n) is 5.97. The van der Waals surface area contributed by atoms with Gasteiger partial charge in [-0.15, -0.1) is 0 Å². The Morgan fingerprint density at radius 3 is 2.23 bits per heavy atom. The van der Waals surface area contributed by atoms with E-state index in [-0.39, 0.29) is 0 Å². The van der Waals surface area contributed by atoms with Crippen LogP contribution in [0.5, 0.6) is 5.75 Å². The van der Waals surface area contributed by atoms with Crippen LogP contribution in [-0.4, -0.2) is 38.8 Å². The summed E-state index contributed by atoms with van der Waals surface area (Å²) in [5, 5.41) is 19.2. The first-order valence-corrected chi connectivity index (χ1v) is 9.28. The summed E-state index contributed by atoms with van der Waals surface area (Å²) in [6, 6.07) is 13.5. The van der Waals surface area contributed by atoms with Crippen LogP contribution in [0.25, 0.3) is 11.3 Å². The fourth-order valence-electron chi connectivity index (χ4n) is 2.43. The van der Waals surface area contributed by atoms with Crippen LogP contribution in [0.1, 0.15) is 5.56 Å². The van der Waals surface area contributed by atoms with Gasteiger partial charge in [0.1, 0.15) is 5.75 Å². The molecule has 3 rings (SSSR count). The van der Waals surface area contributed by atoms with Gasteiger partial charge >= 0.3 is 11.9 Å². The van der Waals surface area contributed by atoms with Crippen LogP contribution in [-0.2, 0) is 23.2 Å². The summed E-state index contributed by atoms with van der Waals surface area (Å²) in [5.74, 6) is -2.03. The number of benzene rings is 2. The maximum atomic E-state index is 9.10. The van der Waals surface area contributed by atoms with Crippen molar-refractivity contribution in [1.82, 2.24) is 9.55 Å². The van der Waals surface area contributed by atoms with Crippen LogP contribution in [0.2, 0.25) is 10.0 Å². The highest BCUT2D eigenvalue weighted by molar-refractivity contribution is 6.42. The average molecular weight is 452 g/mol. The van der Waals surface area contributed by atoms with Gasteiger partial charge in [0, 0.05) is 19.2 Å². The van der Waals surface area contributed by atoms with Gasteiger partial charge < -0.3 is 24.8 Å². The van der Waals surface area contributed by atoms with E-state index in [1.54, 1.807) is 13.2 Å². The first-order valence-electron chi connectivity index (χ1n) is 8.53. The van der Waals surface area contributed by atoms with E-state index in [9.17, 15) is 0 Å². The molecule has 0 fully saturated rings. The topological polar surface area (TPSA) is 114 Å². The van der Waals surface area contributed by atoms with E-state index in [1.807, 2.05) is 54.2 Å². The number of rotatable bonds is 5. The van der Waals surface area contributed by atoms with Crippen molar-refractivity contribution in [3.05, 3.63) is 64.3 Å². The van der Waals surface area contributed by atoms with E-state index in [0.717, 1.165) is 28.5 Å². The quantitative estimate of drug-likeness (QED) is 0.498. The molecule has 0 aliphatic carbocycles. The molecule has 158 valence electrons. The fourth-order valence-corrected chi connectivity index (χ4v) is 2.76. The summed E-state index contributed by atoms with van der Waals surface area (Å²) in [7, 11) is 3.63. The van der Waals surface area contributed by atoms with Crippen molar-refractivity contribution >= 4 is 41.1 Å². The van der Waals surface area contributed by atoms with Crippen molar-refractivity contribution in [2.75, 3.05) is 12.4 Å². The van der Waals surface area contributed by atoms with Crippen LogP contribution >= 0.6 is 23.2 Å². The number of aliphatic carboxylic acids is 2. The molecular formula is C20H19Cl2N3O5. The Morgan fingerprint density at radius 2 is 1.70 bits per heavy atom. The molecule has 10 heteroatoms. The number of nitrogens with zero attached hydrogens (tertiary/aromatic N) is 2. The van der Waals surface area contributed by atoms with Crippen LogP contribution in [0, 0.1) is 0 Å². The standard InChI is InChI=1S/C18H17Cl2N3O.C2H2O4/c1-23-17(13-4-6-14(24-2)7-5-13)11-22-18(23)21-10-12-3-8-15(19)16(20)9-12;3-1(4)2(5)6/h3-9,11H,10H2,1-2H3,(H,21,22);(H,3,4)(H,5,6). The lowest BCUT2D eigenvalue weighted by Crippen LogP contribution is -2.09. The lowest BCUT2D eigenvalue weighted by molar-refractivity contribution is -0.159. The number of carboxylic acid groups (broad SMARTS) is 2. The van der Waals surface area contributed by atoms with Crippen molar-refractivity contribution < 1.29 is 24.5 Å². The van der Waals surface area contributed by atoms with Crippen molar-refractivity contribution in [3.8, 4) is 17.0 Å². The van der Waals surface area contributed by atoms with Gasteiger partial charge in [-0.05, 0) is 42.0 Å². The second kappa shape index (κ2) is 10.5. The van der Waals surface area contributed by atoms with Crippen molar-refractivity contribution in [2.45, 2.75) is 6.54 Å². The molecule has 0 spiro atoms. The summed E-state index contributed by atoms with van der Waals surface area (Å²) in [4.78, 5) is 22.7. The maximum Gasteiger partial charge on any atom is 0.414 e. The highest BCUT2D eigenvalue weighted by atomic mass is 35.5. The Balaban J connectivity index is 0.000000469. The smallest absolute Gasteiger partial charge is 0.414 e. The summed E-state index contributed by atoms with van der Waals surface area (Å²) < 4.78 is 7.20. The number of anilines is 1. The maximum absolute atomic E-state index is 9.10. The van der Waals surface area contributed by atoms with Gasteiger partial charge in [-0.3, -0.25) is 0 Å². The number of halogens is 2. The van der Waals surface area contributed by atoms with Crippen molar-refractivity contribution in [1.29, 1.82) is 0 Å². The third-order valence-corrected chi connectivity index (χ3v) is 4.73. The molecule has 0 atom stereocenters. The van der Waals surface area contributed by atoms with E-state index >= 15 is 0 Å². The predicted molar refractivity (Wildman–Crippen MR) is 114 cm³/mol. The lowest BCUT2D eigenvalue weighted by atomic mass is 10.1. The summed E-state index contributed by atoms with van der Waals surface area (Å²) in [6.07, 6.45) is 1.85.